The van der Waals surface area contributed by atoms with E-state index in [0.717, 1.165) is 17.6 Å². The fraction of sp³-hybridized carbons (Fsp3) is 0.375. The molecule has 2 aromatic rings. The summed E-state index contributed by atoms with van der Waals surface area (Å²) in [6, 6.07) is 13.1. The third-order valence-electron chi connectivity index (χ3n) is 3.33. The van der Waals surface area contributed by atoms with Crippen molar-refractivity contribution < 1.29 is 0 Å². The van der Waals surface area contributed by atoms with Crippen molar-refractivity contribution in [2.75, 3.05) is 0 Å². The Morgan fingerprint density at radius 3 is 2.84 bits per heavy atom. The molecule has 1 atom stereocenters. The van der Waals surface area contributed by atoms with Crippen LogP contribution in [0.1, 0.15) is 37.6 Å². The number of nitrogens with zero attached hydrogens (tertiary/aromatic N) is 1. The molecular formula is C16H21BrN2. The molecule has 0 radical (unpaired) electrons. The first-order valence-electron chi connectivity index (χ1n) is 6.83. The Morgan fingerprint density at radius 1 is 1.26 bits per heavy atom. The molecule has 0 unspecified atom stereocenters. The van der Waals surface area contributed by atoms with Gasteiger partial charge in [-0.3, -0.25) is 0 Å². The fourth-order valence-corrected chi connectivity index (χ4v) is 2.64. The standard InChI is InChI=1S/C16H21BrN2/c1-3-9-19-10-5-8-16(19)12-18-13(2)14-6-4-7-15(17)11-14/h4-8,10-11,13,18H,3,9,12H2,1-2H3/t13-/m1/s1. The third-order valence-corrected chi connectivity index (χ3v) is 3.82. The van der Waals surface area contributed by atoms with E-state index in [4.69, 9.17) is 0 Å². The Bertz CT molecular complexity index is 519. The van der Waals surface area contributed by atoms with Crippen LogP contribution in [0.15, 0.2) is 47.1 Å². The number of aryl methyl sites for hydroxylation is 1. The van der Waals surface area contributed by atoms with Crippen LogP contribution < -0.4 is 5.32 Å². The predicted molar refractivity (Wildman–Crippen MR) is 84.1 cm³/mol. The number of nitrogens with one attached hydrogen (secondary N) is 1. The molecule has 0 bridgehead atoms. The molecule has 2 rings (SSSR count). The fourth-order valence-electron chi connectivity index (χ4n) is 2.22. The van der Waals surface area contributed by atoms with Gasteiger partial charge in [-0.05, 0) is 43.2 Å². The minimum Gasteiger partial charge on any atom is -0.350 e. The lowest BCUT2D eigenvalue weighted by Gasteiger charge is -2.16. The van der Waals surface area contributed by atoms with Crippen LogP contribution in [0.2, 0.25) is 0 Å². The van der Waals surface area contributed by atoms with Crippen molar-refractivity contribution in [2.24, 2.45) is 0 Å². The largest absolute Gasteiger partial charge is 0.350 e. The van der Waals surface area contributed by atoms with E-state index in [9.17, 15) is 0 Å². The summed E-state index contributed by atoms with van der Waals surface area (Å²) in [4.78, 5) is 0. The first-order chi connectivity index (χ1) is 9.20. The van der Waals surface area contributed by atoms with Crippen LogP contribution in [-0.4, -0.2) is 4.57 Å². The zero-order valence-electron chi connectivity index (χ0n) is 11.6. The topological polar surface area (TPSA) is 17.0 Å². The number of hydrogen-bond acceptors (Lipinski definition) is 1. The lowest BCUT2D eigenvalue weighted by atomic mass is 10.1. The number of halogens is 1. The van der Waals surface area contributed by atoms with E-state index >= 15 is 0 Å². The minimum atomic E-state index is 0.350. The Morgan fingerprint density at radius 2 is 2.11 bits per heavy atom. The van der Waals surface area contributed by atoms with Crippen LogP contribution in [0.3, 0.4) is 0 Å². The summed E-state index contributed by atoms with van der Waals surface area (Å²) in [5.74, 6) is 0. The molecule has 1 N–H and O–H groups in total. The summed E-state index contributed by atoms with van der Waals surface area (Å²) >= 11 is 3.52. The molecule has 0 saturated carbocycles. The van der Waals surface area contributed by atoms with Crippen molar-refractivity contribution in [1.82, 2.24) is 9.88 Å². The average molecular weight is 321 g/mol. The zero-order valence-corrected chi connectivity index (χ0v) is 13.2. The molecule has 1 aromatic carbocycles. The third kappa shape index (κ3) is 3.95. The quantitative estimate of drug-likeness (QED) is 0.828. The molecule has 19 heavy (non-hydrogen) atoms. The van der Waals surface area contributed by atoms with Gasteiger partial charge in [-0.1, -0.05) is 35.0 Å². The molecule has 0 aliphatic rings. The number of benzene rings is 1. The summed E-state index contributed by atoms with van der Waals surface area (Å²) in [5, 5.41) is 3.59. The van der Waals surface area contributed by atoms with Crippen LogP contribution in [0.5, 0.6) is 0 Å². The summed E-state index contributed by atoms with van der Waals surface area (Å²) in [5.41, 5.74) is 2.66. The molecule has 2 nitrogen and oxygen atoms in total. The van der Waals surface area contributed by atoms with E-state index in [1.165, 1.54) is 17.7 Å². The van der Waals surface area contributed by atoms with Crippen LogP contribution in [0.25, 0.3) is 0 Å². The summed E-state index contributed by atoms with van der Waals surface area (Å²) in [7, 11) is 0. The van der Waals surface area contributed by atoms with E-state index in [1.807, 2.05) is 0 Å². The molecular weight excluding hydrogens is 300 g/mol. The first kappa shape index (κ1) is 14.4. The second-order valence-electron chi connectivity index (χ2n) is 4.85. The van der Waals surface area contributed by atoms with Gasteiger partial charge in [0.15, 0.2) is 0 Å². The number of rotatable bonds is 6. The maximum Gasteiger partial charge on any atom is 0.0364 e. The van der Waals surface area contributed by atoms with Gasteiger partial charge in [0.2, 0.25) is 0 Å². The van der Waals surface area contributed by atoms with Gasteiger partial charge in [0.05, 0.1) is 0 Å². The highest BCUT2D eigenvalue weighted by Crippen LogP contribution is 2.18. The smallest absolute Gasteiger partial charge is 0.0364 e. The van der Waals surface area contributed by atoms with Crippen molar-refractivity contribution >= 4 is 15.9 Å². The predicted octanol–water partition coefficient (Wildman–Crippen LogP) is 4.51. The molecule has 1 heterocycles. The highest BCUT2D eigenvalue weighted by Gasteiger charge is 2.06. The van der Waals surface area contributed by atoms with E-state index in [1.54, 1.807) is 0 Å². The summed E-state index contributed by atoms with van der Waals surface area (Å²) in [6.45, 7) is 6.41. The van der Waals surface area contributed by atoms with Crippen molar-refractivity contribution in [1.29, 1.82) is 0 Å². The van der Waals surface area contributed by atoms with E-state index < -0.39 is 0 Å². The minimum absolute atomic E-state index is 0.350. The van der Waals surface area contributed by atoms with Crippen LogP contribution in [0, 0.1) is 0 Å². The molecule has 0 saturated heterocycles. The molecule has 0 aliphatic heterocycles. The molecule has 3 heteroatoms. The van der Waals surface area contributed by atoms with Crippen LogP contribution >= 0.6 is 15.9 Å². The molecule has 102 valence electrons. The van der Waals surface area contributed by atoms with E-state index in [-0.39, 0.29) is 0 Å². The Hall–Kier alpha value is -1.06. The Labute approximate surface area is 124 Å². The van der Waals surface area contributed by atoms with E-state index in [2.05, 4.69) is 82.3 Å². The molecule has 0 aliphatic carbocycles. The van der Waals surface area contributed by atoms with Gasteiger partial charge >= 0.3 is 0 Å². The van der Waals surface area contributed by atoms with Gasteiger partial charge in [-0.15, -0.1) is 0 Å². The average Bonchev–Trinajstić information content (AvgIpc) is 2.84. The molecule has 1 aromatic heterocycles. The highest BCUT2D eigenvalue weighted by atomic mass is 79.9. The lowest BCUT2D eigenvalue weighted by Crippen LogP contribution is -2.20. The number of hydrogen-bond donors (Lipinski definition) is 1. The van der Waals surface area contributed by atoms with Gasteiger partial charge in [0.25, 0.3) is 0 Å². The number of aromatic nitrogens is 1. The summed E-state index contributed by atoms with van der Waals surface area (Å²) in [6.07, 6.45) is 3.33. The second-order valence-corrected chi connectivity index (χ2v) is 5.77. The van der Waals surface area contributed by atoms with Gasteiger partial charge in [0.1, 0.15) is 0 Å². The summed E-state index contributed by atoms with van der Waals surface area (Å²) < 4.78 is 3.45. The molecule has 0 fully saturated rings. The monoisotopic (exact) mass is 320 g/mol. The Kier molecular flexibility index (Phi) is 5.23. The van der Waals surface area contributed by atoms with Crippen LogP contribution in [0.4, 0.5) is 0 Å². The van der Waals surface area contributed by atoms with Crippen molar-refractivity contribution in [2.45, 2.75) is 39.4 Å². The van der Waals surface area contributed by atoms with Crippen molar-refractivity contribution in [3.8, 4) is 0 Å². The van der Waals surface area contributed by atoms with Gasteiger partial charge in [0, 0.05) is 35.5 Å². The first-order valence-corrected chi connectivity index (χ1v) is 7.63. The zero-order chi connectivity index (χ0) is 13.7. The lowest BCUT2D eigenvalue weighted by molar-refractivity contribution is 0.541. The Balaban J connectivity index is 1.96. The van der Waals surface area contributed by atoms with Gasteiger partial charge in [-0.25, -0.2) is 0 Å². The SMILES string of the molecule is CCCn1cccc1CN[C@H](C)c1cccc(Br)c1. The van der Waals surface area contributed by atoms with Gasteiger partial charge in [-0.2, -0.15) is 0 Å². The highest BCUT2D eigenvalue weighted by molar-refractivity contribution is 9.10. The molecule has 0 spiro atoms. The van der Waals surface area contributed by atoms with Crippen molar-refractivity contribution in [3.05, 3.63) is 58.3 Å². The normalized spacial score (nSPS) is 12.6. The maximum absolute atomic E-state index is 3.59. The maximum atomic E-state index is 3.59. The van der Waals surface area contributed by atoms with Crippen molar-refractivity contribution in [3.63, 3.8) is 0 Å². The van der Waals surface area contributed by atoms with E-state index in [0.29, 0.717) is 6.04 Å². The van der Waals surface area contributed by atoms with Crippen LogP contribution in [-0.2, 0) is 13.1 Å². The second kappa shape index (κ2) is 6.92. The molecule has 0 amide bonds. The van der Waals surface area contributed by atoms with Gasteiger partial charge < -0.3 is 9.88 Å².